The number of piperidine rings is 1. The Bertz CT molecular complexity index is 428. The van der Waals surface area contributed by atoms with Crippen molar-refractivity contribution < 1.29 is 18.3 Å². The molecule has 0 radical (unpaired) electrons. The second-order valence-corrected chi connectivity index (χ2v) is 5.42. The van der Waals surface area contributed by atoms with Gasteiger partial charge in [0, 0.05) is 32.1 Å². The lowest BCUT2D eigenvalue weighted by molar-refractivity contribution is -0.138. The van der Waals surface area contributed by atoms with E-state index in [2.05, 4.69) is 9.97 Å². The van der Waals surface area contributed by atoms with Crippen LogP contribution in [0.3, 0.4) is 0 Å². The maximum atomic E-state index is 12.4. The Morgan fingerprint density at radius 1 is 1.14 bits per heavy atom. The molecule has 1 aliphatic rings. The van der Waals surface area contributed by atoms with Crippen molar-refractivity contribution in [3.05, 3.63) is 18.0 Å². The zero-order valence-corrected chi connectivity index (χ0v) is 11.8. The number of alkyl halides is 3. The molecule has 2 rings (SSSR count). The minimum absolute atomic E-state index is 0.234. The van der Waals surface area contributed by atoms with Gasteiger partial charge in [0.1, 0.15) is 0 Å². The highest BCUT2D eigenvalue weighted by molar-refractivity contribution is 5.31. The van der Waals surface area contributed by atoms with E-state index in [4.69, 9.17) is 5.11 Å². The van der Waals surface area contributed by atoms with Gasteiger partial charge in [0.05, 0.1) is 5.56 Å². The van der Waals surface area contributed by atoms with Crippen LogP contribution in [0.15, 0.2) is 12.4 Å². The fraction of sp³-hybridized carbons (Fsp3) is 0.714. The Morgan fingerprint density at radius 3 is 2.29 bits per heavy atom. The second-order valence-electron chi connectivity index (χ2n) is 5.42. The van der Waals surface area contributed by atoms with E-state index in [9.17, 15) is 13.2 Å². The van der Waals surface area contributed by atoms with Gasteiger partial charge in [-0.15, -0.1) is 0 Å². The molecule has 0 unspecified atom stereocenters. The molecule has 1 fully saturated rings. The summed E-state index contributed by atoms with van der Waals surface area (Å²) in [7, 11) is 0. The maximum Gasteiger partial charge on any atom is 0.419 e. The van der Waals surface area contributed by atoms with Crippen LogP contribution >= 0.6 is 0 Å². The molecule has 1 saturated heterocycles. The van der Waals surface area contributed by atoms with Gasteiger partial charge in [-0.05, 0) is 25.2 Å². The molecule has 0 bridgehead atoms. The van der Waals surface area contributed by atoms with Crippen molar-refractivity contribution >= 4 is 5.95 Å². The van der Waals surface area contributed by atoms with Crippen molar-refractivity contribution in [2.45, 2.75) is 38.3 Å². The summed E-state index contributed by atoms with van der Waals surface area (Å²) in [5, 5.41) is 8.76. The topological polar surface area (TPSA) is 49.2 Å². The highest BCUT2D eigenvalue weighted by Gasteiger charge is 2.31. The fourth-order valence-electron chi connectivity index (χ4n) is 2.60. The minimum Gasteiger partial charge on any atom is -0.396 e. The number of nitrogens with zero attached hydrogens (tertiary/aromatic N) is 3. The van der Waals surface area contributed by atoms with E-state index in [1.807, 2.05) is 4.90 Å². The Labute approximate surface area is 122 Å². The Hall–Kier alpha value is -1.37. The summed E-state index contributed by atoms with van der Waals surface area (Å²) < 4.78 is 37.3. The number of hydrogen-bond donors (Lipinski definition) is 1. The highest BCUT2D eigenvalue weighted by atomic mass is 19.4. The van der Waals surface area contributed by atoms with E-state index in [0.29, 0.717) is 11.9 Å². The van der Waals surface area contributed by atoms with Crippen LogP contribution < -0.4 is 4.90 Å². The van der Waals surface area contributed by atoms with Crippen LogP contribution in [0.2, 0.25) is 0 Å². The predicted molar refractivity (Wildman–Crippen MR) is 72.9 cm³/mol. The summed E-state index contributed by atoms with van der Waals surface area (Å²) in [4.78, 5) is 9.60. The molecule has 0 aromatic carbocycles. The van der Waals surface area contributed by atoms with Gasteiger partial charge in [-0.1, -0.05) is 12.8 Å². The third-order valence-corrected chi connectivity index (χ3v) is 3.88. The number of hydrogen-bond acceptors (Lipinski definition) is 4. The number of anilines is 1. The molecule has 1 aliphatic heterocycles. The highest BCUT2D eigenvalue weighted by Crippen LogP contribution is 2.29. The van der Waals surface area contributed by atoms with E-state index in [1.165, 1.54) is 0 Å². The number of aromatic nitrogens is 2. The average molecular weight is 303 g/mol. The number of rotatable bonds is 5. The molecule has 2 heterocycles. The van der Waals surface area contributed by atoms with Gasteiger partial charge < -0.3 is 10.0 Å². The van der Waals surface area contributed by atoms with E-state index in [0.717, 1.165) is 57.6 Å². The van der Waals surface area contributed by atoms with E-state index < -0.39 is 11.7 Å². The smallest absolute Gasteiger partial charge is 0.396 e. The summed E-state index contributed by atoms with van der Waals surface area (Å²) in [5.41, 5.74) is -0.815. The quantitative estimate of drug-likeness (QED) is 0.850. The molecular formula is C14H20F3N3O. The third-order valence-electron chi connectivity index (χ3n) is 3.88. The van der Waals surface area contributed by atoms with Gasteiger partial charge in [-0.3, -0.25) is 0 Å². The largest absolute Gasteiger partial charge is 0.419 e. The number of aliphatic hydroxyl groups is 1. The lowest BCUT2D eigenvalue weighted by Crippen LogP contribution is -2.35. The first kappa shape index (κ1) is 16.0. The standard InChI is InChI=1S/C14H20F3N3O/c15-14(16,17)12-9-18-13(19-10-12)20-6-4-11(5-7-20)3-1-2-8-21/h9-11,21H,1-8H2. The molecule has 7 heteroatoms. The molecule has 0 aliphatic carbocycles. The Morgan fingerprint density at radius 2 is 1.76 bits per heavy atom. The zero-order valence-electron chi connectivity index (χ0n) is 11.8. The molecule has 0 atom stereocenters. The van der Waals surface area contributed by atoms with Crippen LogP contribution in [0.4, 0.5) is 19.1 Å². The van der Waals surface area contributed by atoms with E-state index in [-0.39, 0.29) is 6.61 Å². The zero-order chi connectivity index (χ0) is 15.3. The van der Waals surface area contributed by atoms with Crippen molar-refractivity contribution in [3.63, 3.8) is 0 Å². The lowest BCUT2D eigenvalue weighted by atomic mass is 9.92. The average Bonchev–Trinajstić information content (AvgIpc) is 2.48. The van der Waals surface area contributed by atoms with Crippen molar-refractivity contribution in [2.24, 2.45) is 5.92 Å². The first-order valence-corrected chi connectivity index (χ1v) is 7.25. The Balaban J connectivity index is 1.85. The molecule has 1 N–H and O–H groups in total. The number of unbranched alkanes of at least 4 members (excludes halogenated alkanes) is 1. The molecule has 0 saturated carbocycles. The predicted octanol–water partition coefficient (Wildman–Crippen LogP) is 2.87. The van der Waals surface area contributed by atoms with Crippen LogP contribution in [-0.2, 0) is 6.18 Å². The summed E-state index contributed by atoms with van der Waals surface area (Å²) >= 11 is 0. The maximum absolute atomic E-state index is 12.4. The Kier molecular flexibility index (Phi) is 5.39. The van der Waals surface area contributed by atoms with Crippen molar-refractivity contribution in [1.82, 2.24) is 9.97 Å². The van der Waals surface area contributed by atoms with Gasteiger partial charge in [0.2, 0.25) is 5.95 Å². The molecule has 0 amide bonds. The van der Waals surface area contributed by atoms with Gasteiger partial charge in [0.15, 0.2) is 0 Å². The first-order chi connectivity index (χ1) is 10.0. The third kappa shape index (κ3) is 4.56. The van der Waals surface area contributed by atoms with Crippen molar-refractivity contribution in [2.75, 3.05) is 24.6 Å². The molecule has 0 spiro atoms. The van der Waals surface area contributed by atoms with Gasteiger partial charge in [-0.25, -0.2) is 9.97 Å². The molecular weight excluding hydrogens is 283 g/mol. The second kappa shape index (κ2) is 7.06. The van der Waals surface area contributed by atoms with Crippen LogP contribution in [0, 0.1) is 5.92 Å². The van der Waals surface area contributed by atoms with Crippen LogP contribution in [0.1, 0.15) is 37.7 Å². The van der Waals surface area contributed by atoms with E-state index >= 15 is 0 Å². The molecule has 1 aromatic heterocycles. The first-order valence-electron chi connectivity index (χ1n) is 7.25. The molecule has 1 aromatic rings. The van der Waals surface area contributed by atoms with Gasteiger partial charge in [0.25, 0.3) is 0 Å². The fourth-order valence-corrected chi connectivity index (χ4v) is 2.60. The summed E-state index contributed by atoms with van der Waals surface area (Å²) in [6, 6.07) is 0. The van der Waals surface area contributed by atoms with Gasteiger partial charge >= 0.3 is 6.18 Å². The molecule has 118 valence electrons. The number of halogens is 3. The van der Waals surface area contributed by atoms with E-state index in [1.54, 1.807) is 0 Å². The monoisotopic (exact) mass is 303 g/mol. The normalized spacial score (nSPS) is 17.2. The number of aliphatic hydroxyl groups excluding tert-OH is 1. The van der Waals surface area contributed by atoms with Crippen LogP contribution in [0.5, 0.6) is 0 Å². The molecule has 4 nitrogen and oxygen atoms in total. The van der Waals surface area contributed by atoms with Crippen LogP contribution in [-0.4, -0.2) is 34.8 Å². The summed E-state index contributed by atoms with van der Waals surface area (Å²) in [5.74, 6) is 0.999. The minimum atomic E-state index is -4.39. The van der Waals surface area contributed by atoms with Crippen molar-refractivity contribution in [3.8, 4) is 0 Å². The molecule has 21 heavy (non-hydrogen) atoms. The van der Waals surface area contributed by atoms with Gasteiger partial charge in [-0.2, -0.15) is 13.2 Å². The lowest BCUT2D eigenvalue weighted by Gasteiger charge is -2.32. The SMILES string of the molecule is OCCCCC1CCN(c2ncc(C(F)(F)F)cn2)CC1. The van der Waals surface area contributed by atoms with Crippen LogP contribution in [0.25, 0.3) is 0 Å². The van der Waals surface area contributed by atoms with Crippen molar-refractivity contribution in [1.29, 1.82) is 0 Å². The summed E-state index contributed by atoms with van der Waals surface area (Å²) in [6.07, 6.45) is 2.25. The summed E-state index contributed by atoms with van der Waals surface area (Å²) in [6.45, 7) is 1.78.